The summed E-state index contributed by atoms with van der Waals surface area (Å²) in [4.78, 5) is 21.5. The standard InChI is InChI=1S/C27H22F4N4O4/c28-17-6-1-14(2-7-17)22-23-18(26(32,12-38-23)27(29,30)31)10-21(35-22)25(37,16-4-5-16)11-33-24(36)15-3-8-19-20(9-15)39-13-34-19/h1-3,6-10,13,16,37H,4-5,11-12,32H2,(H,33,36)/t25?,26-/m0/s1. The van der Waals surface area contributed by atoms with Gasteiger partial charge in [-0.05, 0) is 67.3 Å². The van der Waals surface area contributed by atoms with E-state index in [2.05, 4.69) is 15.3 Å². The molecule has 39 heavy (non-hydrogen) atoms. The molecule has 2 aromatic carbocycles. The predicted molar refractivity (Wildman–Crippen MR) is 130 cm³/mol. The van der Waals surface area contributed by atoms with Crippen molar-refractivity contribution in [2.75, 3.05) is 13.2 Å². The van der Waals surface area contributed by atoms with Crippen molar-refractivity contribution in [2.45, 2.75) is 30.2 Å². The van der Waals surface area contributed by atoms with E-state index < -0.39 is 35.6 Å². The fourth-order valence-corrected chi connectivity index (χ4v) is 4.85. The minimum atomic E-state index is -4.87. The van der Waals surface area contributed by atoms with Gasteiger partial charge in [-0.2, -0.15) is 13.2 Å². The van der Waals surface area contributed by atoms with Crippen LogP contribution in [-0.4, -0.2) is 40.3 Å². The highest BCUT2D eigenvalue weighted by atomic mass is 19.4. The number of alkyl halides is 3. The van der Waals surface area contributed by atoms with Crippen molar-refractivity contribution in [1.82, 2.24) is 15.3 Å². The molecule has 3 heterocycles. The number of halogens is 4. The van der Waals surface area contributed by atoms with Crippen LogP contribution in [0.4, 0.5) is 17.6 Å². The Morgan fingerprint density at radius 3 is 2.59 bits per heavy atom. The Kier molecular flexibility index (Phi) is 5.67. The number of pyridine rings is 1. The van der Waals surface area contributed by atoms with Gasteiger partial charge >= 0.3 is 6.18 Å². The zero-order valence-corrected chi connectivity index (χ0v) is 20.3. The van der Waals surface area contributed by atoms with Crippen LogP contribution in [0.2, 0.25) is 0 Å². The molecule has 6 rings (SSSR count). The van der Waals surface area contributed by atoms with E-state index >= 15 is 0 Å². The molecule has 4 N–H and O–H groups in total. The monoisotopic (exact) mass is 542 g/mol. The third-order valence-corrected chi connectivity index (χ3v) is 7.33. The molecular weight excluding hydrogens is 520 g/mol. The van der Waals surface area contributed by atoms with Gasteiger partial charge in [-0.25, -0.2) is 14.4 Å². The number of nitrogens with two attached hydrogens (primary N) is 1. The molecule has 2 aliphatic rings. The molecule has 8 nitrogen and oxygen atoms in total. The summed E-state index contributed by atoms with van der Waals surface area (Å²) < 4.78 is 66.7. The lowest BCUT2D eigenvalue weighted by molar-refractivity contribution is -0.191. The van der Waals surface area contributed by atoms with Crippen molar-refractivity contribution in [1.29, 1.82) is 0 Å². The molecule has 1 fully saturated rings. The maximum absolute atomic E-state index is 14.1. The van der Waals surface area contributed by atoms with Gasteiger partial charge in [0.2, 0.25) is 0 Å². The average Bonchev–Trinajstić information content (AvgIpc) is 3.57. The van der Waals surface area contributed by atoms with E-state index in [1.54, 1.807) is 12.1 Å². The summed E-state index contributed by atoms with van der Waals surface area (Å²) in [6, 6.07) is 10.7. The summed E-state index contributed by atoms with van der Waals surface area (Å²) >= 11 is 0. The van der Waals surface area contributed by atoms with E-state index in [4.69, 9.17) is 14.9 Å². The van der Waals surface area contributed by atoms with Gasteiger partial charge in [0.25, 0.3) is 5.91 Å². The van der Waals surface area contributed by atoms with Crippen molar-refractivity contribution in [3.8, 4) is 17.0 Å². The summed E-state index contributed by atoms with van der Waals surface area (Å²) in [5.41, 5.74) is 2.18. The maximum Gasteiger partial charge on any atom is 0.414 e. The van der Waals surface area contributed by atoms with Crippen molar-refractivity contribution >= 4 is 17.0 Å². The van der Waals surface area contributed by atoms with Crippen LogP contribution >= 0.6 is 0 Å². The van der Waals surface area contributed by atoms with Crippen LogP contribution in [0, 0.1) is 11.7 Å². The predicted octanol–water partition coefficient (Wildman–Crippen LogP) is 4.17. The van der Waals surface area contributed by atoms with E-state index in [-0.39, 0.29) is 46.3 Å². The molecule has 1 aliphatic heterocycles. The molecule has 202 valence electrons. The highest BCUT2D eigenvalue weighted by molar-refractivity contribution is 5.97. The van der Waals surface area contributed by atoms with E-state index in [1.807, 2.05) is 0 Å². The molecule has 0 radical (unpaired) electrons. The van der Waals surface area contributed by atoms with Crippen LogP contribution < -0.4 is 15.8 Å². The number of carbonyl (C=O) groups is 1. The molecule has 12 heteroatoms. The zero-order chi connectivity index (χ0) is 27.6. The van der Waals surface area contributed by atoms with Gasteiger partial charge in [0, 0.05) is 16.7 Å². The highest BCUT2D eigenvalue weighted by Crippen LogP contribution is 2.52. The Bertz CT molecular complexity index is 1590. The van der Waals surface area contributed by atoms with E-state index in [0.717, 1.165) is 18.2 Å². The third kappa shape index (κ3) is 4.20. The molecule has 2 aromatic heterocycles. The largest absolute Gasteiger partial charge is 0.488 e. The number of hydrogen-bond acceptors (Lipinski definition) is 7. The number of rotatable bonds is 6. The van der Waals surface area contributed by atoms with Gasteiger partial charge in [-0.3, -0.25) is 4.79 Å². The zero-order valence-electron chi connectivity index (χ0n) is 20.3. The number of hydrogen-bond donors (Lipinski definition) is 3. The fourth-order valence-electron chi connectivity index (χ4n) is 4.85. The molecule has 1 unspecified atom stereocenters. The number of nitrogens with one attached hydrogen (secondary N) is 1. The number of fused-ring (bicyclic) bond motifs is 2. The fraction of sp³-hybridized carbons (Fsp3) is 0.296. The molecule has 0 saturated heterocycles. The lowest BCUT2D eigenvalue weighted by Gasteiger charge is -2.31. The smallest absolute Gasteiger partial charge is 0.414 e. The second-order valence-electron chi connectivity index (χ2n) is 9.91. The van der Waals surface area contributed by atoms with E-state index in [0.29, 0.717) is 23.9 Å². The number of carbonyl (C=O) groups excluding carboxylic acids is 1. The summed E-state index contributed by atoms with van der Waals surface area (Å²) in [6.07, 6.45) is -2.48. The number of aliphatic hydroxyl groups is 1. The Morgan fingerprint density at radius 2 is 1.90 bits per heavy atom. The van der Waals surface area contributed by atoms with Crippen LogP contribution in [0.5, 0.6) is 5.75 Å². The van der Waals surface area contributed by atoms with Crippen molar-refractivity contribution in [3.05, 3.63) is 77.6 Å². The number of nitrogens with zero attached hydrogens (tertiary/aromatic N) is 2. The molecule has 4 aromatic rings. The quantitative estimate of drug-likeness (QED) is 0.313. The minimum absolute atomic E-state index is 0.0137. The van der Waals surface area contributed by atoms with Crippen molar-refractivity contribution in [2.24, 2.45) is 11.7 Å². The van der Waals surface area contributed by atoms with Gasteiger partial charge in [-0.1, -0.05) is 0 Å². The first-order chi connectivity index (χ1) is 18.5. The number of oxazole rings is 1. The Labute approximate surface area is 218 Å². The molecule has 1 amide bonds. The van der Waals surface area contributed by atoms with Crippen LogP contribution in [0.3, 0.4) is 0 Å². The summed E-state index contributed by atoms with van der Waals surface area (Å²) in [5, 5.41) is 14.5. The number of ether oxygens (including phenoxy) is 1. The molecular formula is C27H22F4N4O4. The summed E-state index contributed by atoms with van der Waals surface area (Å²) in [7, 11) is 0. The molecule has 1 aliphatic carbocycles. The number of benzene rings is 2. The average molecular weight is 542 g/mol. The normalized spacial score (nSPS) is 20.4. The SMILES string of the molecule is N[C@@]1(C(F)(F)F)COc2c1cc(C(O)(CNC(=O)c1ccc3ncoc3c1)C1CC1)nc2-c1ccc(F)cc1. The number of aromatic nitrogens is 2. The van der Waals surface area contributed by atoms with E-state index in [9.17, 15) is 27.5 Å². The Balaban J connectivity index is 1.41. The van der Waals surface area contributed by atoms with Crippen LogP contribution in [0.15, 0.2) is 59.3 Å². The topological polar surface area (TPSA) is 124 Å². The third-order valence-electron chi connectivity index (χ3n) is 7.33. The first-order valence-corrected chi connectivity index (χ1v) is 12.1. The first kappa shape index (κ1) is 25.3. The summed E-state index contributed by atoms with van der Waals surface area (Å²) in [5.74, 6) is -1.63. The van der Waals surface area contributed by atoms with Gasteiger partial charge in [0.15, 0.2) is 23.3 Å². The second-order valence-corrected chi connectivity index (χ2v) is 9.91. The summed E-state index contributed by atoms with van der Waals surface area (Å²) in [6.45, 7) is -1.21. The number of amides is 1. The maximum atomic E-state index is 14.1. The van der Waals surface area contributed by atoms with E-state index in [1.165, 1.54) is 24.6 Å². The van der Waals surface area contributed by atoms with Crippen LogP contribution in [0.25, 0.3) is 22.4 Å². The van der Waals surface area contributed by atoms with Crippen molar-refractivity contribution < 1.29 is 36.6 Å². The molecule has 0 bridgehead atoms. The molecule has 1 saturated carbocycles. The van der Waals surface area contributed by atoms with Gasteiger partial charge < -0.3 is 25.3 Å². The van der Waals surface area contributed by atoms with Gasteiger partial charge in [0.05, 0.1) is 12.2 Å². The van der Waals surface area contributed by atoms with Gasteiger partial charge in [-0.15, -0.1) is 0 Å². The highest BCUT2D eigenvalue weighted by Gasteiger charge is 2.59. The lowest BCUT2D eigenvalue weighted by Crippen LogP contribution is -2.52. The first-order valence-electron chi connectivity index (χ1n) is 12.1. The minimum Gasteiger partial charge on any atom is -0.488 e. The lowest BCUT2D eigenvalue weighted by atomic mass is 9.86. The Morgan fingerprint density at radius 1 is 1.15 bits per heavy atom. The van der Waals surface area contributed by atoms with Crippen LogP contribution in [0.1, 0.15) is 34.5 Å². The van der Waals surface area contributed by atoms with Crippen LogP contribution in [-0.2, 0) is 11.1 Å². The molecule has 2 atom stereocenters. The van der Waals surface area contributed by atoms with Crippen molar-refractivity contribution in [3.63, 3.8) is 0 Å². The Hall–Kier alpha value is -4.03. The molecule has 0 spiro atoms. The van der Waals surface area contributed by atoms with Gasteiger partial charge in [0.1, 0.15) is 29.2 Å². The second kappa shape index (κ2) is 8.75.